The molecule has 0 bridgehead atoms. The fourth-order valence-corrected chi connectivity index (χ4v) is 5.32. The van der Waals surface area contributed by atoms with Gasteiger partial charge in [0.1, 0.15) is 0 Å². The Hall–Kier alpha value is -1.20. The van der Waals surface area contributed by atoms with Crippen molar-refractivity contribution in [3.8, 4) is 0 Å². The van der Waals surface area contributed by atoms with Crippen molar-refractivity contribution < 1.29 is 4.74 Å². The SMILES string of the molecule is CN=C(NCC(C)N1CCc2ccccc2C1)NCC(c1cccs1)N1CCOCC1.I. The quantitative estimate of drug-likeness (QED) is 0.305. The number of nitrogens with one attached hydrogen (secondary N) is 2. The molecule has 2 aromatic rings. The molecule has 2 aliphatic rings. The number of benzene rings is 1. The number of nitrogens with zero attached hydrogens (tertiary/aromatic N) is 3. The largest absolute Gasteiger partial charge is 0.379 e. The summed E-state index contributed by atoms with van der Waals surface area (Å²) >= 11 is 1.83. The highest BCUT2D eigenvalue weighted by molar-refractivity contribution is 14.0. The van der Waals surface area contributed by atoms with Crippen LogP contribution in [0.15, 0.2) is 46.8 Å². The van der Waals surface area contributed by atoms with Gasteiger partial charge in [-0.05, 0) is 35.9 Å². The van der Waals surface area contributed by atoms with Crippen LogP contribution in [0.4, 0.5) is 0 Å². The molecule has 0 spiro atoms. The number of hydrogen-bond donors (Lipinski definition) is 2. The minimum atomic E-state index is 0. The van der Waals surface area contributed by atoms with Crippen molar-refractivity contribution >= 4 is 41.3 Å². The van der Waals surface area contributed by atoms with Crippen molar-refractivity contribution in [3.63, 3.8) is 0 Å². The maximum atomic E-state index is 5.56. The van der Waals surface area contributed by atoms with Gasteiger partial charge in [0, 0.05) is 57.2 Å². The van der Waals surface area contributed by atoms with Gasteiger partial charge in [-0.15, -0.1) is 35.3 Å². The predicted octanol–water partition coefficient (Wildman–Crippen LogP) is 3.35. The van der Waals surface area contributed by atoms with E-state index in [1.54, 1.807) is 0 Å². The number of halogens is 1. The molecule has 8 heteroatoms. The first-order valence-corrected chi connectivity index (χ1v) is 12.2. The fourth-order valence-electron chi connectivity index (χ4n) is 4.46. The van der Waals surface area contributed by atoms with E-state index in [2.05, 4.69) is 74.1 Å². The Morgan fingerprint density at radius 3 is 2.50 bits per heavy atom. The molecule has 0 radical (unpaired) electrons. The third-order valence-corrected chi connectivity index (χ3v) is 7.37. The molecule has 1 saturated heterocycles. The Morgan fingerprint density at radius 2 is 1.78 bits per heavy atom. The topological polar surface area (TPSA) is 52.1 Å². The van der Waals surface area contributed by atoms with Gasteiger partial charge >= 0.3 is 0 Å². The molecule has 2 aliphatic heterocycles. The number of ether oxygens (including phenoxy) is 1. The highest BCUT2D eigenvalue weighted by atomic mass is 127. The lowest BCUT2D eigenvalue weighted by molar-refractivity contribution is 0.0177. The molecule has 3 heterocycles. The van der Waals surface area contributed by atoms with Gasteiger partial charge in [-0.1, -0.05) is 30.3 Å². The molecule has 1 fully saturated rings. The van der Waals surface area contributed by atoms with Crippen LogP contribution in [0.3, 0.4) is 0 Å². The lowest BCUT2D eigenvalue weighted by Gasteiger charge is -2.35. The van der Waals surface area contributed by atoms with E-state index in [1.807, 2.05) is 18.4 Å². The smallest absolute Gasteiger partial charge is 0.191 e. The molecule has 6 nitrogen and oxygen atoms in total. The van der Waals surface area contributed by atoms with E-state index in [9.17, 15) is 0 Å². The third kappa shape index (κ3) is 6.66. The molecule has 1 aromatic heterocycles. The van der Waals surface area contributed by atoms with Crippen molar-refractivity contribution in [2.24, 2.45) is 4.99 Å². The zero-order valence-corrected chi connectivity index (χ0v) is 22.3. The van der Waals surface area contributed by atoms with E-state index < -0.39 is 0 Å². The lowest BCUT2D eigenvalue weighted by Crippen LogP contribution is -2.49. The van der Waals surface area contributed by atoms with E-state index >= 15 is 0 Å². The number of fused-ring (bicyclic) bond motifs is 1. The summed E-state index contributed by atoms with van der Waals surface area (Å²) in [5, 5.41) is 9.29. The van der Waals surface area contributed by atoms with Gasteiger partial charge in [0.2, 0.25) is 0 Å². The molecule has 0 saturated carbocycles. The maximum absolute atomic E-state index is 5.56. The molecule has 0 aliphatic carbocycles. The molecule has 2 unspecified atom stereocenters. The monoisotopic (exact) mass is 569 g/mol. The molecule has 32 heavy (non-hydrogen) atoms. The predicted molar refractivity (Wildman–Crippen MR) is 144 cm³/mol. The molecule has 176 valence electrons. The summed E-state index contributed by atoms with van der Waals surface area (Å²) in [5.41, 5.74) is 2.96. The van der Waals surface area contributed by atoms with Crippen molar-refractivity contribution in [1.29, 1.82) is 0 Å². The van der Waals surface area contributed by atoms with Crippen LogP contribution in [0.1, 0.15) is 29.0 Å². The zero-order valence-electron chi connectivity index (χ0n) is 19.1. The first-order chi connectivity index (χ1) is 15.2. The first-order valence-electron chi connectivity index (χ1n) is 11.3. The van der Waals surface area contributed by atoms with Crippen LogP contribution >= 0.6 is 35.3 Å². The Labute approximate surface area is 213 Å². The van der Waals surface area contributed by atoms with E-state index in [-0.39, 0.29) is 24.0 Å². The van der Waals surface area contributed by atoms with Crippen molar-refractivity contribution in [2.45, 2.75) is 32.0 Å². The Morgan fingerprint density at radius 1 is 1.03 bits per heavy atom. The normalized spacial score (nSPS) is 19.5. The number of aliphatic imine (C=N–C) groups is 1. The highest BCUT2D eigenvalue weighted by Gasteiger charge is 2.24. The number of rotatable bonds is 7. The van der Waals surface area contributed by atoms with Gasteiger partial charge in [0.15, 0.2) is 5.96 Å². The van der Waals surface area contributed by atoms with E-state index in [4.69, 9.17) is 4.74 Å². The van der Waals surface area contributed by atoms with E-state index in [1.165, 1.54) is 16.0 Å². The molecule has 1 aromatic carbocycles. The summed E-state index contributed by atoms with van der Waals surface area (Å²) in [4.78, 5) is 10.9. The Kier molecular flexibility index (Phi) is 10.2. The molecule has 4 rings (SSSR count). The summed E-state index contributed by atoms with van der Waals surface area (Å²) in [5.74, 6) is 0.874. The summed E-state index contributed by atoms with van der Waals surface area (Å²) in [6.07, 6.45) is 1.13. The molecule has 2 N–H and O–H groups in total. The van der Waals surface area contributed by atoms with Crippen LogP contribution in [0, 0.1) is 0 Å². The minimum absolute atomic E-state index is 0. The number of hydrogen-bond acceptors (Lipinski definition) is 5. The van der Waals surface area contributed by atoms with Crippen LogP contribution in [-0.2, 0) is 17.7 Å². The van der Waals surface area contributed by atoms with Crippen LogP contribution < -0.4 is 10.6 Å². The lowest BCUT2D eigenvalue weighted by atomic mass is 9.99. The van der Waals surface area contributed by atoms with Crippen LogP contribution in [0.25, 0.3) is 0 Å². The number of morpholine rings is 1. The third-order valence-electron chi connectivity index (χ3n) is 6.39. The van der Waals surface area contributed by atoms with Crippen LogP contribution in [0.2, 0.25) is 0 Å². The van der Waals surface area contributed by atoms with Gasteiger partial charge in [0.25, 0.3) is 0 Å². The minimum Gasteiger partial charge on any atom is -0.379 e. The molecular formula is C24H36IN5OS. The van der Waals surface area contributed by atoms with Crippen molar-refractivity contribution in [3.05, 3.63) is 57.8 Å². The summed E-state index contributed by atoms with van der Waals surface area (Å²) in [7, 11) is 1.85. The number of guanidine groups is 1. The van der Waals surface area contributed by atoms with Gasteiger partial charge in [-0.3, -0.25) is 14.8 Å². The standard InChI is InChI=1S/C24H35N5OS.HI/c1-19(29-10-9-20-6-3-4-7-21(20)18-29)16-26-24(25-2)27-17-22(23-8-5-15-31-23)28-11-13-30-14-12-28;/h3-8,15,19,22H,9-14,16-18H2,1-2H3,(H2,25,26,27);1H. The van der Waals surface area contributed by atoms with Gasteiger partial charge < -0.3 is 15.4 Å². The maximum Gasteiger partial charge on any atom is 0.191 e. The van der Waals surface area contributed by atoms with Gasteiger partial charge in [0.05, 0.1) is 19.3 Å². The number of thiophene rings is 1. The highest BCUT2D eigenvalue weighted by Crippen LogP contribution is 2.25. The van der Waals surface area contributed by atoms with Gasteiger partial charge in [-0.25, -0.2) is 0 Å². The van der Waals surface area contributed by atoms with Crippen LogP contribution in [-0.4, -0.2) is 74.8 Å². The summed E-state index contributed by atoms with van der Waals surface area (Å²) < 4.78 is 5.56. The molecule has 2 atom stereocenters. The van der Waals surface area contributed by atoms with Gasteiger partial charge in [-0.2, -0.15) is 0 Å². The van der Waals surface area contributed by atoms with E-state index in [0.717, 1.165) is 64.9 Å². The van der Waals surface area contributed by atoms with E-state index in [0.29, 0.717) is 12.1 Å². The zero-order chi connectivity index (χ0) is 21.5. The average molecular weight is 570 g/mol. The first kappa shape index (κ1) is 25.4. The second-order valence-electron chi connectivity index (χ2n) is 8.35. The molecular weight excluding hydrogens is 533 g/mol. The second-order valence-corrected chi connectivity index (χ2v) is 9.33. The van der Waals surface area contributed by atoms with Crippen LogP contribution in [0.5, 0.6) is 0 Å². The average Bonchev–Trinajstić information content (AvgIpc) is 3.36. The van der Waals surface area contributed by atoms with Crippen molar-refractivity contribution in [2.75, 3.05) is 53.0 Å². The fraction of sp³-hybridized carbons (Fsp3) is 0.542. The second kappa shape index (κ2) is 12.9. The summed E-state index contributed by atoms with van der Waals surface area (Å²) in [6, 6.07) is 14.0. The summed E-state index contributed by atoms with van der Waals surface area (Å²) in [6.45, 7) is 9.74. The Bertz CT molecular complexity index is 841. The Balaban J connectivity index is 0.00000289. The van der Waals surface area contributed by atoms with Crippen molar-refractivity contribution in [1.82, 2.24) is 20.4 Å². The molecule has 0 amide bonds.